The van der Waals surface area contributed by atoms with E-state index in [9.17, 15) is 9.59 Å². The molecule has 6 heteroatoms. The van der Waals surface area contributed by atoms with Crippen molar-refractivity contribution in [1.82, 2.24) is 10.9 Å². The van der Waals surface area contributed by atoms with Crippen LogP contribution in [0.3, 0.4) is 0 Å². The molecule has 0 unspecified atom stereocenters. The first-order chi connectivity index (χ1) is 9.04. The minimum atomic E-state index is -0.390. The zero-order chi connectivity index (χ0) is 14.3. The van der Waals surface area contributed by atoms with Crippen LogP contribution in [0, 0.1) is 0 Å². The number of ether oxygens (including phenoxy) is 1. The first-order valence-corrected chi connectivity index (χ1v) is 5.99. The SMILES string of the molecule is CCOCC(=O)NNC(=O)c1cccc(N(C)C)c1. The average Bonchev–Trinajstić information content (AvgIpc) is 2.42. The van der Waals surface area contributed by atoms with Crippen molar-refractivity contribution in [3.63, 3.8) is 0 Å². The standard InChI is InChI=1S/C13H19N3O3/c1-4-19-9-12(17)14-15-13(18)10-6-5-7-11(8-10)16(2)3/h5-8H,4,9H2,1-3H3,(H,14,17)(H,15,18). The van der Waals surface area contributed by atoms with Crippen molar-refractivity contribution in [2.24, 2.45) is 0 Å². The molecular formula is C13H19N3O3. The van der Waals surface area contributed by atoms with E-state index in [2.05, 4.69) is 10.9 Å². The van der Waals surface area contributed by atoms with Gasteiger partial charge in [0.05, 0.1) is 0 Å². The molecule has 19 heavy (non-hydrogen) atoms. The highest BCUT2D eigenvalue weighted by Gasteiger charge is 2.08. The largest absolute Gasteiger partial charge is 0.378 e. The summed E-state index contributed by atoms with van der Waals surface area (Å²) in [5, 5.41) is 0. The van der Waals surface area contributed by atoms with E-state index in [-0.39, 0.29) is 18.4 Å². The zero-order valence-electron chi connectivity index (χ0n) is 11.4. The molecule has 1 aromatic carbocycles. The van der Waals surface area contributed by atoms with E-state index in [1.54, 1.807) is 25.1 Å². The van der Waals surface area contributed by atoms with E-state index in [1.807, 2.05) is 25.1 Å². The van der Waals surface area contributed by atoms with Crippen LogP contribution in [0.4, 0.5) is 5.69 Å². The molecule has 1 rings (SSSR count). The summed E-state index contributed by atoms with van der Waals surface area (Å²) in [7, 11) is 3.78. The Labute approximate surface area is 112 Å². The molecule has 0 radical (unpaired) electrons. The van der Waals surface area contributed by atoms with Crippen molar-refractivity contribution in [2.75, 3.05) is 32.2 Å². The fraction of sp³-hybridized carbons (Fsp3) is 0.385. The average molecular weight is 265 g/mol. The minimum Gasteiger partial charge on any atom is -0.378 e. The van der Waals surface area contributed by atoms with Gasteiger partial charge in [0.25, 0.3) is 11.8 Å². The van der Waals surface area contributed by atoms with E-state index >= 15 is 0 Å². The fourth-order valence-corrected chi connectivity index (χ4v) is 1.35. The summed E-state index contributed by atoms with van der Waals surface area (Å²) in [6.07, 6.45) is 0. The number of carbonyl (C=O) groups is 2. The maximum atomic E-state index is 11.8. The molecular weight excluding hydrogens is 246 g/mol. The van der Waals surface area contributed by atoms with Gasteiger partial charge < -0.3 is 9.64 Å². The molecule has 2 N–H and O–H groups in total. The van der Waals surface area contributed by atoms with E-state index in [0.717, 1.165) is 5.69 Å². The van der Waals surface area contributed by atoms with E-state index in [0.29, 0.717) is 12.2 Å². The molecule has 0 saturated carbocycles. The molecule has 0 aliphatic heterocycles. The van der Waals surface area contributed by atoms with Gasteiger partial charge in [-0.25, -0.2) is 0 Å². The van der Waals surface area contributed by atoms with E-state index in [4.69, 9.17) is 4.74 Å². The van der Waals surface area contributed by atoms with Gasteiger partial charge in [0, 0.05) is 32.0 Å². The predicted octanol–water partition coefficient (Wildman–Crippen LogP) is 0.550. The molecule has 0 aromatic heterocycles. The van der Waals surface area contributed by atoms with Crippen LogP contribution in [0.25, 0.3) is 0 Å². The van der Waals surface area contributed by atoms with Crippen LogP contribution in [-0.4, -0.2) is 39.1 Å². The predicted molar refractivity (Wildman–Crippen MR) is 72.9 cm³/mol. The normalized spacial score (nSPS) is 9.84. The summed E-state index contributed by atoms with van der Waals surface area (Å²) in [6.45, 7) is 2.17. The molecule has 0 bridgehead atoms. The fourth-order valence-electron chi connectivity index (χ4n) is 1.35. The van der Waals surface area contributed by atoms with Gasteiger partial charge in [-0.05, 0) is 25.1 Å². The van der Waals surface area contributed by atoms with Crippen molar-refractivity contribution >= 4 is 17.5 Å². The summed E-state index contributed by atoms with van der Waals surface area (Å²) in [4.78, 5) is 25.0. The Balaban J connectivity index is 2.54. The highest BCUT2D eigenvalue weighted by Crippen LogP contribution is 2.12. The van der Waals surface area contributed by atoms with Crippen LogP contribution >= 0.6 is 0 Å². The summed E-state index contributed by atoms with van der Waals surface area (Å²) >= 11 is 0. The number of carbonyl (C=O) groups excluding carboxylic acids is 2. The van der Waals surface area contributed by atoms with Crippen molar-refractivity contribution in [1.29, 1.82) is 0 Å². The van der Waals surface area contributed by atoms with Crippen LogP contribution in [0.5, 0.6) is 0 Å². The van der Waals surface area contributed by atoms with Crippen molar-refractivity contribution in [3.8, 4) is 0 Å². The Morgan fingerprint density at radius 1 is 1.26 bits per heavy atom. The van der Waals surface area contributed by atoms with Crippen LogP contribution in [0.1, 0.15) is 17.3 Å². The Morgan fingerprint density at radius 3 is 2.63 bits per heavy atom. The third kappa shape index (κ3) is 4.97. The Hall–Kier alpha value is -2.08. The second-order valence-electron chi connectivity index (χ2n) is 4.08. The molecule has 0 fully saturated rings. The number of rotatable bonds is 5. The van der Waals surface area contributed by atoms with Crippen molar-refractivity contribution in [3.05, 3.63) is 29.8 Å². The van der Waals surface area contributed by atoms with Crippen molar-refractivity contribution in [2.45, 2.75) is 6.92 Å². The number of amides is 2. The third-order valence-electron chi connectivity index (χ3n) is 2.38. The summed E-state index contributed by atoms with van der Waals surface area (Å²) in [5.74, 6) is -0.757. The van der Waals surface area contributed by atoms with Crippen LogP contribution < -0.4 is 15.8 Å². The third-order valence-corrected chi connectivity index (χ3v) is 2.38. The molecule has 0 aliphatic carbocycles. The van der Waals surface area contributed by atoms with E-state index in [1.165, 1.54) is 0 Å². The molecule has 0 atom stereocenters. The Kier molecular flexibility index (Phi) is 5.81. The summed E-state index contributed by atoms with van der Waals surface area (Å²) < 4.78 is 4.91. The zero-order valence-corrected chi connectivity index (χ0v) is 11.4. The number of anilines is 1. The number of hydrogen-bond donors (Lipinski definition) is 2. The number of nitrogens with zero attached hydrogens (tertiary/aromatic N) is 1. The molecule has 0 spiro atoms. The molecule has 6 nitrogen and oxygen atoms in total. The number of nitrogens with one attached hydrogen (secondary N) is 2. The molecule has 0 saturated heterocycles. The molecule has 1 aromatic rings. The van der Waals surface area contributed by atoms with Gasteiger partial charge in [-0.1, -0.05) is 6.07 Å². The highest BCUT2D eigenvalue weighted by atomic mass is 16.5. The minimum absolute atomic E-state index is 0.0749. The molecule has 0 aliphatic rings. The molecule has 2 amide bonds. The molecule has 104 valence electrons. The quantitative estimate of drug-likeness (QED) is 0.763. The van der Waals surface area contributed by atoms with Gasteiger partial charge in [-0.2, -0.15) is 0 Å². The summed E-state index contributed by atoms with van der Waals surface area (Å²) in [5.41, 5.74) is 6.01. The van der Waals surface area contributed by atoms with Gasteiger partial charge in [0.15, 0.2) is 0 Å². The second kappa shape index (κ2) is 7.38. The maximum Gasteiger partial charge on any atom is 0.269 e. The lowest BCUT2D eigenvalue weighted by Gasteiger charge is -2.13. The molecule has 0 heterocycles. The lowest BCUT2D eigenvalue weighted by Crippen LogP contribution is -2.43. The lowest BCUT2D eigenvalue weighted by atomic mass is 10.2. The van der Waals surface area contributed by atoms with Crippen LogP contribution in [0.15, 0.2) is 24.3 Å². The highest BCUT2D eigenvalue weighted by molar-refractivity contribution is 5.96. The summed E-state index contributed by atoms with van der Waals surface area (Å²) in [6, 6.07) is 7.10. The monoisotopic (exact) mass is 265 g/mol. The van der Waals surface area contributed by atoms with Gasteiger partial charge in [0.2, 0.25) is 0 Å². The lowest BCUT2D eigenvalue weighted by molar-refractivity contribution is -0.126. The van der Waals surface area contributed by atoms with Crippen molar-refractivity contribution < 1.29 is 14.3 Å². The van der Waals surface area contributed by atoms with Gasteiger partial charge in [-0.3, -0.25) is 20.4 Å². The Morgan fingerprint density at radius 2 is 2.00 bits per heavy atom. The van der Waals surface area contributed by atoms with Gasteiger partial charge in [-0.15, -0.1) is 0 Å². The van der Waals surface area contributed by atoms with Gasteiger partial charge in [0.1, 0.15) is 6.61 Å². The number of benzene rings is 1. The van der Waals surface area contributed by atoms with Crippen LogP contribution in [-0.2, 0) is 9.53 Å². The van der Waals surface area contributed by atoms with E-state index < -0.39 is 0 Å². The number of hydrogen-bond acceptors (Lipinski definition) is 4. The first-order valence-electron chi connectivity index (χ1n) is 5.99. The second-order valence-corrected chi connectivity index (χ2v) is 4.08. The maximum absolute atomic E-state index is 11.8. The first kappa shape index (κ1) is 15.0. The van der Waals surface area contributed by atoms with Crippen LogP contribution in [0.2, 0.25) is 0 Å². The number of hydrazine groups is 1. The van der Waals surface area contributed by atoms with Gasteiger partial charge >= 0.3 is 0 Å². The topological polar surface area (TPSA) is 70.7 Å². The smallest absolute Gasteiger partial charge is 0.269 e. The Bertz CT molecular complexity index is 447.